The van der Waals surface area contributed by atoms with Crippen molar-refractivity contribution >= 4 is 22.6 Å². The molecule has 1 aromatic carbocycles. The SMILES string of the molecule is Cc1cc(C)n(CCCNC(=O)COC(=O)c2n[nH]c(=O)c3ccccc23)n1. The summed E-state index contributed by atoms with van der Waals surface area (Å²) in [7, 11) is 0. The van der Waals surface area contributed by atoms with Gasteiger partial charge in [0.15, 0.2) is 12.3 Å². The molecule has 2 heterocycles. The van der Waals surface area contributed by atoms with E-state index in [1.807, 2.05) is 24.6 Å². The molecule has 0 saturated heterocycles. The second-order valence-corrected chi connectivity index (χ2v) is 6.38. The largest absolute Gasteiger partial charge is 0.451 e. The number of hydrogen-bond acceptors (Lipinski definition) is 6. The third-order valence-corrected chi connectivity index (χ3v) is 4.20. The molecule has 2 N–H and O–H groups in total. The first-order valence-corrected chi connectivity index (χ1v) is 8.88. The number of esters is 1. The van der Waals surface area contributed by atoms with Crippen LogP contribution in [0.4, 0.5) is 0 Å². The number of H-pyrrole nitrogens is 1. The van der Waals surface area contributed by atoms with Crippen molar-refractivity contribution in [3.63, 3.8) is 0 Å². The molecule has 9 heteroatoms. The van der Waals surface area contributed by atoms with E-state index in [1.165, 1.54) is 0 Å². The zero-order valence-electron chi connectivity index (χ0n) is 15.7. The monoisotopic (exact) mass is 383 g/mol. The van der Waals surface area contributed by atoms with Crippen LogP contribution in [0.5, 0.6) is 0 Å². The summed E-state index contributed by atoms with van der Waals surface area (Å²) in [4.78, 5) is 35.9. The van der Waals surface area contributed by atoms with Crippen LogP contribution in [0.2, 0.25) is 0 Å². The summed E-state index contributed by atoms with van der Waals surface area (Å²) < 4.78 is 6.91. The maximum atomic E-state index is 12.2. The molecule has 0 atom stereocenters. The lowest BCUT2D eigenvalue weighted by atomic mass is 10.1. The zero-order chi connectivity index (χ0) is 20.1. The van der Waals surface area contributed by atoms with E-state index in [0.29, 0.717) is 30.3 Å². The lowest BCUT2D eigenvalue weighted by Gasteiger charge is -2.08. The van der Waals surface area contributed by atoms with Gasteiger partial charge in [-0.05, 0) is 32.4 Å². The molecule has 9 nitrogen and oxygen atoms in total. The minimum absolute atomic E-state index is 0.0347. The van der Waals surface area contributed by atoms with Gasteiger partial charge in [0.25, 0.3) is 11.5 Å². The van der Waals surface area contributed by atoms with Crippen molar-refractivity contribution in [1.82, 2.24) is 25.3 Å². The number of aromatic nitrogens is 4. The Balaban J connectivity index is 1.48. The van der Waals surface area contributed by atoms with Gasteiger partial charge < -0.3 is 10.1 Å². The Morgan fingerprint density at radius 2 is 1.96 bits per heavy atom. The number of amides is 1. The number of benzene rings is 1. The van der Waals surface area contributed by atoms with Gasteiger partial charge in [0.05, 0.1) is 11.1 Å². The van der Waals surface area contributed by atoms with Crippen LogP contribution < -0.4 is 10.9 Å². The van der Waals surface area contributed by atoms with Crippen LogP contribution in [0.3, 0.4) is 0 Å². The fourth-order valence-corrected chi connectivity index (χ4v) is 2.88. The highest BCUT2D eigenvalue weighted by molar-refractivity contribution is 6.02. The molecule has 0 unspecified atom stereocenters. The van der Waals surface area contributed by atoms with Crippen LogP contribution in [-0.2, 0) is 16.1 Å². The smallest absolute Gasteiger partial charge is 0.359 e. The summed E-state index contributed by atoms with van der Waals surface area (Å²) >= 11 is 0. The number of ether oxygens (including phenoxy) is 1. The van der Waals surface area contributed by atoms with Gasteiger partial charge in [-0.1, -0.05) is 18.2 Å². The Labute approximate surface area is 160 Å². The van der Waals surface area contributed by atoms with E-state index in [2.05, 4.69) is 20.6 Å². The van der Waals surface area contributed by atoms with E-state index >= 15 is 0 Å². The van der Waals surface area contributed by atoms with E-state index in [4.69, 9.17) is 4.74 Å². The number of carbonyl (C=O) groups is 2. The Morgan fingerprint density at radius 3 is 2.68 bits per heavy atom. The highest BCUT2D eigenvalue weighted by Crippen LogP contribution is 2.13. The van der Waals surface area contributed by atoms with Gasteiger partial charge in [0.1, 0.15) is 0 Å². The summed E-state index contributed by atoms with van der Waals surface area (Å²) in [6, 6.07) is 8.56. The van der Waals surface area contributed by atoms with Gasteiger partial charge in [0, 0.05) is 24.2 Å². The number of rotatable bonds is 7. The maximum absolute atomic E-state index is 12.2. The van der Waals surface area contributed by atoms with Gasteiger partial charge >= 0.3 is 5.97 Å². The van der Waals surface area contributed by atoms with Crippen LogP contribution in [0.15, 0.2) is 35.1 Å². The van der Waals surface area contributed by atoms with Gasteiger partial charge in [-0.2, -0.15) is 10.2 Å². The Bertz CT molecular complexity index is 1070. The van der Waals surface area contributed by atoms with Crippen molar-refractivity contribution in [2.75, 3.05) is 13.2 Å². The molecule has 2 aromatic heterocycles. The van der Waals surface area contributed by atoms with Crippen LogP contribution in [0.25, 0.3) is 10.8 Å². The van der Waals surface area contributed by atoms with Crippen molar-refractivity contribution in [2.45, 2.75) is 26.8 Å². The topological polar surface area (TPSA) is 119 Å². The molecule has 0 radical (unpaired) electrons. The van der Waals surface area contributed by atoms with E-state index in [9.17, 15) is 14.4 Å². The van der Waals surface area contributed by atoms with Crippen molar-refractivity contribution < 1.29 is 14.3 Å². The first-order chi connectivity index (χ1) is 13.5. The highest BCUT2D eigenvalue weighted by atomic mass is 16.5. The molecule has 0 aliphatic heterocycles. The number of fused-ring (bicyclic) bond motifs is 1. The summed E-state index contributed by atoms with van der Waals surface area (Å²) in [6.45, 7) is 4.61. The number of aryl methyl sites for hydroxylation is 3. The number of hydrogen-bond donors (Lipinski definition) is 2. The van der Waals surface area contributed by atoms with Gasteiger partial charge in [-0.25, -0.2) is 9.89 Å². The third-order valence-electron chi connectivity index (χ3n) is 4.20. The van der Waals surface area contributed by atoms with Crippen LogP contribution >= 0.6 is 0 Å². The third kappa shape index (κ3) is 4.43. The standard InChI is InChI=1S/C19H21N5O4/c1-12-10-13(2)24(23-12)9-5-8-20-16(25)11-28-19(27)17-14-6-3-4-7-15(14)18(26)22-21-17/h3-4,6-7,10H,5,8-9,11H2,1-2H3,(H,20,25)(H,22,26). The van der Waals surface area contributed by atoms with Gasteiger partial charge in [-0.15, -0.1) is 0 Å². The molecule has 0 spiro atoms. The minimum Gasteiger partial charge on any atom is -0.451 e. The summed E-state index contributed by atoms with van der Waals surface area (Å²) in [5.41, 5.74) is 1.59. The molecular weight excluding hydrogens is 362 g/mol. The maximum Gasteiger partial charge on any atom is 0.359 e. The minimum atomic E-state index is -0.773. The summed E-state index contributed by atoms with van der Waals surface area (Å²) in [5.74, 6) is -1.18. The normalized spacial score (nSPS) is 10.8. The molecule has 3 aromatic rings. The number of carbonyl (C=O) groups excluding carboxylic acids is 2. The first-order valence-electron chi connectivity index (χ1n) is 8.88. The second kappa shape index (κ2) is 8.47. The molecule has 0 saturated carbocycles. The number of aromatic amines is 1. The molecule has 1 amide bonds. The van der Waals surface area contributed by atoms with E-state index in [0.717, 1.165) is 11.4 Å². The zero-order valence-corrected chi connectivity index (χ0v) is 15.7. The number of nitrogens with one attached hydrogen (secondary N) is 2. The molecule has 28 heavy (non-hydrogen) atoms. The lowest BCUT2D eigenvalue weighted by molar-refractivity contribution is -0.124. The lowest BCUT2D eigenvalue weighted by Crippen LogP contribution is -2.30. The van der Waals surface area contributed by atoms with E-state index in [1.54, 1.807) is 24.3 Å². The predicted molar refractivity (Wildman–Crippen MR) is 102 cm³/mol. The van der Waals surface area contributed by atoms with Crippen LogP contribution in [0, 0.1) is 13.8 Å². The fraction of sp³-hybridized carbons (Fsp3) is 0.316. The molecule has 0 fully saturated rings. The number of nitrogens with zero attached hydrogens (tertiary/aromatic N) is 3. The summed E-state index contributed by atoms with van der Waals surface area (Å²) in [5, 5.41) is 13.8. The van der Waals surface area contributed by atoms with Gasteiger partial charge in [-0.3, -0.25) is 14.3 Å². The molecule has 146 valence electrons. The first kappa shape index (κ1) is 19.3. The Hall–Kier alpha value is -3.49. The van der Waals surface area contributed by atoms with Crippen LogP contribution in [-0.4, -0.2) is 45.0 Å². The Kier molecular flexibility index (Phi) is 5.83. The molecule has 0 aliphatic rings. The highest BCUT2D eigenvalue weighted by Gasteiger charge is 2.16. The second-order valence-electron chi connectivity index (χ2n) is 6.38. The van der Waals surface area contributed by atoms with E-state index < -0.39 is 24.0 Å². The molecular formula is C19H21N5O4. The molecule has 0 bridgehead atoms. The molecule has 3 rings (SSSR count). The van der Waals surface area contributed by atoms with Crippen molar-refractivity contribution in [3.8, 4) is 0 Å². The van der Waals surface area contributed by atoms with Gasteiger partial charge in [0.2, 0.25) is 0 Å². The van der Waals surface area contributed by atoms with Crippen molar-refractivity contribution in [3.05, 3.63) is 57.8 Å². The molecule has 0 aliphatic carbocycles. The van der Waals surface area contributed by atoms with E-state index in [-0.39, 0.29) is 5.69 Å². The quantitative estimate of drug-likeness (QED) is 0.466. The average Bonchev–Trinajstić information content (AvgIpc) is 3.01. The average molecular weight is 383 g/mol. The summed E-state index contributed by atoms with van der Waals surface area (Å²) in [6.07, 6.45) is 0.702. The predicted octanol–water partition coefficient (Wildman–Crippen LogP) is 1.10. The van der Waals surface area contributed by atoms with Crippen molar-refractivity contribution in [1.29, 1.82) is 0 Å². The van der Waals surface area contributed by atoms with Crippen molar-refractivity contribution in [2.24, 2.45) is 0 Å². The Morgan fingerprint density at radius 1 is 1.21 bits per heavy atom. The van der Waals surface area contributed by atoms with Crippen LogP contribution in [0.1, 0.15) is 28.3 Å². The fourth-order valence-electron chi connectivity index (χ4n) is 2.88.